The van der Waals surface area contributed by atoms with Crippen LogP contribution in [0.4, 0.5) is 17.1 Å². The third kappa shape index (κ3) is 6.28. The van der Waals surface area contributed by atoms with E-state index < -0.39 is 42.3 Å². The van der Waals surface area contributed by atoms with Crippen molar-refractivity contribution in [1.82, 2.24) is 4.90 Å². The Bertz CT molecular complexity index is 1810. The Labute approximate surface area is 291 Å². The molecule has 3 aromatic rings. The molecule has 0 unspecified atom stereocenters. The first-order chi connectivity index (χ1) is 23.8. The van der Waals surface area contributed by atoms with Crippen LogP contribution in [-0.2, 0) is 26.5 Å². The van der Waals surface area contributed by atoms with E-state index in [2.05, 4.69) is 5.32 Å². The number of non-ortho nitro benzene ring substituents is 1. The average molecular weight is 703 g/mol. The zero-order chi connectivity index (χ0) is 36.0. The lowest BCUT2D eigenvalue weighted by Crippen LogP contribution is -2.46. The molecule has 13 nitrogen and oxygen atoms in total. The van der Waals surface area contributed by atoms with Gasteiger partial charge in [-0.2, -0.15) is 0 Å². The number of fused-ring (bicyclic) bond motifs is 2. The van der Waals surface area contributed by atoms with Gasteiger partial charge in [0.25, 0.3) is 17.5 Å². The van der Waals surface area contributed by atoms with Gasteiger partial charge < -0.3 is 34.5 Å². The molecule has 14 heteroatoms. The Morgan fingerprint density at radius 2 is 1.88 bits per heavy atom. The number of rotatable bonds is 10. The fourth-order valence-electron chi connectivity index (χ4n) is 8.05. The Kier molecular flexibility index (Phi) is 9.57. The molecular weight excluding hydrogens is 661 g/mol. The van der Waals surface area contributed by atoms with E-state index >= 15 is 0 Å². The number of aliphatic hydroxyl groups excluding tert-OH is 1. The first kappa shape index (κ1) is 35.2. The van der Waals surface area contributed by atoms with Crippen LogP contribution in [0.5, 0.6) is 5.75 Å². The average Bonchev–Trinajstić information content (AvgIpc) is 3.75. The monoisotopic (exact) mass is 702 g/mol. The molecule has 0 aliphatic carbocycles. The summed E-state index contributed by atoms with van der Waals surface area (Å²) < 4.78 is 11.9. The van der Waals surface area contributed by atoms with Gasteiger partial charge in [-0.3, -0.25) is 24.5 Å². The molecule has 3 amide bonds. The number of hydrogen-bond acceptors (Lipinski definition) is 9. The number of carbonyl (C=O) groups excluding carboxylic acids is 3. The van der Waals surface area contributed by atoms with E-state index in [-0.39, 0.29) is 43.1 Å². The fraction of sp³-hybridized carbons (Fsp3) is 0.417. The van der Waals surface area contributed by atoms with Crippen LogP contribution < -0.4 is 15.0 Å². The van der Waals surface area contributed by atoms with Crippen LogP contribution in [0.15, 0.2) is 66.7 Å². The van der Waals surface area contributed by atoms with Crippen molar-refractivity contribution >= 4 is 43.1 Å². The predicted octanol–water partition coefficient (Wildman–Crippen LogP) is 4.57. The van der Waals surface area contributed by atoms with Crippen LogP contribution in [0, 0.1) is 16.0 Å². The maximum absolute atomic E-state index is 14.8. The Morgan fingerprint density at radius 3 is 2.54 bits per heavy atom. The molecular formula is C36H42N4O9Si. The molecule has 3 aliphatic rings. The molecule has 5 atom stereocenters. The summed E-state index contributed by atoms with van der Waals surface area (Å²) in [7, 11) is -1.57. The number of nitrogens with one attached hydrogen (secondary N) is 1. The largest absolute Gasteiger partial charge is 0.497 e. The maximum Gasteiger partial charge on any atom is 0.269 e. The van der Waals surface area contributed by atoms with Crippen molar-refractivity contribution in [3.05, 3.63) is 93.5 Å². The molecule has 2 saturated heterocycles. The molecule has 3 heterocycles. The molecule has 50 heavy (non-hydrogen) atoms. The maximum atomic E-state index is 14.8. The van der Waals surface area contributed by atoms with E-state index in [1.54, 1.807) is 67.6 Å². The van der Waals surface area contributed by atoms with E-state index in [9.17, 15) is 34.4 Å². The minimum absolute atomic E-state index is 0.0634. The number of anilines is 2. The van der Waals surface area contributed by atoms with Gasteiger partial charge in [-0.25, -0.2) is 0 Å². The summed E-state index contributed by atoms with van der Waals surface area (Å²) in [4.78, 5) is 67.6. The number of nitro benzene ring substituents is 1. The van der Waals surface area contributed by atoms with Crippen molar-refractivity contribution in [2.75, 3.05) is 30.5 Å². The van der Waals surface area contributed by atoms with Crippen molar-refractivity contribution in [1.29, 1.82) is 0 Å². The lowest BCUT2D eigenvalue weighted by Gasteiger charge is -2.32. The number of likely N-dealkylation sites (tertiary alicyclic amines) is 1. The van der Waals surface area contributed by atoms with Gasteiger partial charge in [-0.05, 0) is 74.0 Å². The van der Waals surface area contributed by atoms with Crippen molar-refractivity contribution in [3.63, 3.8) is 0 Å². The van der Waals surface area contributed by atoms with Crippen molar-refractivity contribution in [3.8, 4) is 5.75 Å². The minimum Gasteiger partial charge on any atom is -0.497 e. The van der Waals surface area contributed by atoms with Crippen molar-refractivity contribution < 1.29 is 38.7 Å². The normalized spacial score (nSPS) is 24.5. The van der Waals surface area contributed by atoms with Gasteiger partial charge in [-0.1, -0.05) is 19.1 Å². The number of amides is 3. The van der Waals surface area contributed by atoms with Gasteiger partial charge in [0.1, 0.15) is 5.75 Å². The molecule has 0 saturated carbocycles. The number of hydrogen-bond donors (Lipinski definition) is 3. The lowest BCUT2D eigenvalue weighted by atomic mass is 9.82. The van der Waals surface area contributed by atoms with Crippen LogP contribution in [0.2, 0.25) is 18.6 Å². The summed E-state index contributed by atoms with van der Waals surface area (Å²) in [5, 5.41) is 24.7. The van der Waals surface area contributed by atoms with E-state index in [0.717, 1.165) is 6.42 Å². The van der Waals surface area contributed by atoms with Crippen LogP contribution >= 0.6 is 0 Å². The number of ether oxygens (including phenoxy) is 2. The summed E-state index contributed by atoms with van der Waals surface area (Å²) >= 11 is 0. The highest BCUT2D eigenvalue weighted by molar-refractivity contribution is 6.71. The first-order valence-corrected chi connectivity index (χ1v) is 19.8. The SMILES string of the molecule is COc1ccc(C(=O)Nc2cccc(CN3C(=O)[C@]4(O[C@H](CC(=O)N5CCC[C@H]5CO)[C@@H]([Si](C)(C)O)[C@@H]4C)c4cc([N+](=O)[O-])ccc43)c2)cc1. The summed E-state index contributed by atoms with van der Waals surface area (Å²) in [6.45, 7) is 5.72. The van der Waals surface area contributed by atoms with E-state index in [1.165, 1.54) is 23.1 Å². The molecule has 3 aliphatic heterocycles. The van der Waals surface area contributed by atoms with Gasteiger partial charge in [0.2, 0.25) is 5.91 Å². The highest BCUT2D eigenvalue weighted by atomic mass is 28.4. The van der Waals surface area contributed by atoms with Gasteiger partial charge in [0.15, 0.2) is 13.9 Å². The Balaban J connectivity index is 1.33. The van der Waals surface area contributed by atoms with Gasteiger partial charge in [-0.15, -0.1) is 0 Å². The number of nitro groups is 1. The first-order valence-electron chi connectivity index (χ1n) is 16.7. The highest BCUT2D eigenvalue weighted by Crippen LogP contribution is 2.60. The number of aliphatic hydroxyl groups is 1. The summed E-state index contributed by atoms with van der Waals surface area (Å²) in [5.74, 6) is -1.00. The lowest BCUT2D eigenvalue weighted by molar-refractivity contribution is -0.385. The fourth-order valence-corrected chi connectivity index (χ4v) is 10.6. The minimum atomic E-state index is -3.11. The molecule has 3 N–H and O–H groups in total. The number of nitrogens with zero attached hydrogens (tertiary/aromatic N) is 3. The third-order valence-corrected chi connectivity index (χ3v) is 12.8. The smallest absolute Gasteiger partial charge is 0.269 e. The molecule has 6 rings (SSSR count). The second-order valence-electron chi connectivity index (χ2n) is 13.9. The van der Waals surface area contributed by atoms with Crippen LogP contribution in [-0.4, -0.2) is 78.2 Å². The standard InChI is InChI=1S/C36H42N4O9Si/c1-22-33(50(3,4)47)31(19-32(42)38-16-6-9-27(38)21-41)49-36(22)29-18-26(40(45)46)12-15-30(29)39(35(36)44)20-23-7-5-8-25(17-23)37-34(43)24-10-13-28(48-2)14-11-24/h5,7-8,10-15,17-18,22,27,31,33,41,47H,6,9,16,19-21H2,1-4H3,(H,37,43)/t22-,27-,31+,33-,36+/m0/s1. The Hall–Kier alpha value is -4.63. The predicted molar refractivity (Wildman–Crippen MR) is 187 cm³/mol. The second kappa shape index (κ2) is 13.6. The van der Waals surface area contributed by atoms with E-state index in [1.807, 2.05) is 13.0 Å². The van der Waals surface area contributed by atoms with Crippen LogP contribution in [0.3, 0.4) is 0 Å². The van der Waals surface area contributed by atoms with Gasteiger partial charge >= 0.3 is 0 Å². The number of benzene rings is 3. The van der Waals surface area contributed by atoms with E-state index in [4.69, 9.17) is 9.47 Å². The third-order valence-electron chi connectivity index (χ3n) is 10.3. The highest BCUT2D eigenvalue weighted by Gasteiger charge is 2.66. The topological polar surface area (TPSA) is 172 Å². The van der Waals surface area contributed by atoms with Crippen LogP contribution in [0.25, 0.3) is 0 Å². The molecule has 0 aromatic heterocycles. The number of methoxy groups -OCH3 is 1. The van der Waals surface area contributed by atoms with Crippen molar-refractivity contribution in [2.45, 2.75) is 69.1 Å². The molecule has 264 valence electrons. The summed E-state index contributed by atoms with van der Waals surface area (Å²) in [6.07, 6.45) is 0.520. The summed E-state index contributed by atoms with van der Waals surface area (Å²) in [6, 6.07) is 17.7. The van der Waals surface area contributed by atoms with Gasteiger partial charge in [0.05, 0.1) is 49.4 Å². The molecule has 0 radical (unpaired) electrons. The summed E-state index contributed by atoms with van der Waals surface area (Å²) in [5.41, 5.74) is -0.0819. The molecule has 2 fully saturated rings. The Morgan fingerprint density at radius 1 is 1.14 bits per heavy atom. The van der Waals surface area contributed by atoms with Crippen LogP contribution in [0.1, 0.15) is 47.7 Å². The zero-order valence-electron chi connectivity index (χ0n) is 28.5. The molecule has 1 spiro atoms. The number of carbonyl (C=O) groups is 3. The van der Waals surface area contributed by atoms with Crippen molar-refractivity contribution in [2.24, 2.45) is 5.92 Å². The zero-order valence-corrected chi connectivity index (χ0v) is 29.5. The quantitative estimate of drug-likeness (QED) is 0.155. The molecule has 0 bridgehead atoms. The van der Waals surface area contributed by atoms with E-state index in [0.29, 0.717) is 46.8 Å². The second-order valence-corrected chi connectivity index (χ2v) is 17.8. The molecule has 3 aromatic carbocycles. The van der Waals surface area contributed by atoms with Gasteiger partial charge in [0, 0.05) is 47.0 Å².